The molecule has 100 valence electrons. The summed E-state index contributed by atoms with van der Waals surface area (Å²) in [5, 5.41) is 10.2. The average Bonchev–Trinajstić information content (AvgIpc) is 2.50. The molecule has 0 radical (unpaired) electrons. The smallest absolute Gasteiger partial charge is 0.0632 e. The van der Waals surface area contributed by atoms with Gasteiger partial charge in [0.05, 0.1) is 5.60 Å². The third-order valence-corrected chi connectivity index (χ3v) is 4.96. The van der Waals surface area contributed by atoms with E-state index < -0.39 is 5.60 Å². The first-order chi connectivity index (χ1) is 8.12. The van der Waals surface area contributed by atoms with Crippen molar-refractivity contribution in [3.05, 3.63) is 0 Å². The molecule has 2 aliphatic rings. The van der Waals surface area contributed by atoms with Crippen LogP contribution in [0, 0.1) is 5.92 Å². The molecule has 17 heavy (non-hydrogen) atoms. The van der Waals surface area contributed by atoms with E-state index in [1.165, 1.54) is 45.1 Å². The number of nitrogens with zero attached hydrogens (tertiary/aromatic N) is 1. The van der Waals surface area contributed by atoms with Crippen LogP contribution < -0.4 is 0 Å². The van der Waals surface area contributed by atoms with E-state index in [0.717, 1.165) is 31.3 Å². The van der Waals surface area contributed by atoms with Crippen molar-refractivity contribution in [2.24, 2.45) is 5.92 Å². The molecule has 3 unspecified atom stereocenters. The third kappa shape index (κ3) is 3.45. The Kier molecular flexibility index (Phi) is 4.48. The number of aliphatic hydroxyl groups is 1. The van der Waals surface area contributed by atoms with Crippen LogP contribution in [0.4, 0.5) is 0 Å². The highest BCUT2D eigenvalue weighted by atomic mass is 16.3. The van der Waals surface area contributed by atoms with Crippen LogP contribution in [-0.4, -0.2) is 34.7 Å². The second-order valence-corrected chi connectivity index (χ2v) is 6.41. The van der Waals surface area contributed by atoms with E-state index in [2.05, 4.69) is 11.8 Å². The normalized spacial score (nSPS) is 41.1. The Morgan fingerprint density at radius 3 is 2.65 bits per heavy atom. The van der Waals surface area contributed by atoms with E-state index in [-0.39, 0.29) is 0 Å². The zero-order valence-corrected chi connectivity index (χ0v) is 11.6. The van der Waals surface area contributed by atoms with Crippen molar-refractivity contribution >= 4 is 0 Å². The SMILES string of the molecule is CCC1CCCCC1N1CCCC(C)(O)CC1. The van der Waals surface area contributed by atoms with Crippen LogP contribution in [0.5, 0.6) is 0 Å². The largest absolute Gasteiger partial charge is 0.390 e. The Hall–Kier alpha value is -0.0800. The maximum Gasteiger partial charge on any atom is 0.0632 e. The summed E-state index contributed by atoms with van der Waals surface area (Å²) in [5.74, 6) is 0.909. The van der Waals surface area contributed by atoms with Gasteiger partial charge in [0.2, 0.25) is 0 Å². The molecule has 1 aliphatic carbocycles. The molecule has 0 aromatic heterocycles. The van der Waals surface area contributed by atoms with Gasteiger partial charge in [-0.15, -0.1) is 0 Å². The number of hydrogen-bond donors (Lipinski definition) is 1. The lowest BCUT2D eigenvalue weighted by Gasteiger charge is -2.39. The minimum absolute atomic E-state index is 0.412. The van der Waals surface area contributed by atoms with Gasteiger partial charge in [-0.25, -0.2) is 0 Å². The number of likely N-dealkylation sites (tertiary alicyclic amines) is 1. The number of rotatable bonds is 2. The lowest BCUT2D eigenvalue weighted by Crippen LogP contribution is -2.43. The predicted molar refractivity (Wildman–Crippen MR) is 72.1 cm³/mol. The summed E-state index contributed by atoms with van der Waals surface area (Å²) in [7, 11) is 0. The van der Waals surface area contributed by atoms with Gasteiger partial charge >= 0.3 is 0 Å². The first-order valence-electron chi connectivity index (χ1n) is 7.59. The highest BCUT2D eigenvalue weighted by Crippen LogP contribution is 2.33. The summed E-state index contributed by atoms with van der Waals surface area (Å²) in [5.41, 5.74) is -0.412. The van der Waals surface area contributed by atoms with E-state index in [9.17, 15) is 5.11 Å². The maximum absolute atomic E-state index is 10.2. The second kappa shape index (κ2) is 5.71. The van der Waals surface area contributed by atoms with Gasteiger partial charge in [-0.2, -0.15) is 0 Å². The maximum atomic E-state index is 10.2. The molecule has 1 aliphatic heterocycles. The zero-order valence-electron chi connectivity index (χ0n) is 11.6. The van der Waals surface area contributed by atoms with Crippen molar-refractivity contribution in [1.82, 2.24) is 4.90 Å². The Balaban J connectivity index is 1.96. The van der Waals surface area contributed by atoms with Gasteiger partial charge in [0.25, 0.3) is 0 Å². The molecular weight excluding hydrogens is 210 g/mol. The van der Waals surface area contributed by atoms with Crippen molar-refractivity contribution in [1.29, 1.82) is 0 Å². The molecule has 2 fully saturated rings. The molecule has 1 N–H and O–H groups in total. The Morgan fingerprint density at radius 2 is 1.88 bits per heavy atom. The fourth-order valence-corrected chi connectivity index (χ4v) is 3.76. The summed E-state index contributed by atoms with van der Waals surface area (Å²) < 4.78 is 0. The van der Waals surface area contributed by atoms with Gasteiger partial charge < -0.3 is 10.0 Å². The fraction of sp³-hybridized carbons (Fsp3) is 1.00. The van der Waals surface area contributed by atoms with Gasteiger partial charge in [-0.3, -0.25) is 0 Å². The third-order valence-electron chi connectivity index (χ3n) is 4.96. The first-order valence-corrected chi connectivity index (χ1v) is 7.59. The van der Waals surface area contributed by atoms with Crippen LogP contribution in [0.2, 0.25) is 0 Å². The molecule has 1 heterocycles. The minimum Gasteiger partial charge on any atom is -0.390 e. The molecule has 0 aromatic carbocycles. The first kappa shape index (κ1) is 13.4. The number of hydrogen-bond acceptors (Lipinski definition) is 2. The standard InChI is InChI=1S/C15H29NO/c1-3-13-7-4-5-8-14(13)16-11-6-9-15(2,17)10-12-16/h13-14,17H,3-12H2,1-2H3. The topological polar surface area (TPSA) is 23.5 Å². The predicted octanol–water partition coefficient (Wildman–Crippen LogP) is 3.19. The van der Waals surface area contributed by atoms with Crippen LogP contribution in [-0.2, 0) is 0 Å². The van der Waals surface area contributed by atoms with Gasteiger partial charge in [0.15, 0.2) is 0 Å². The van der Waals surface area contributed by atoms with Crippen LogP contribution in [0.25, 0.3) is 0 Å². The molecule has 0 bridgehead atoms. The van der Waals surface area contributed by atoms with Crippen LogP contribution >= 0.6 is 0 Å². The molecule has 2 rings (SSSR count). The summed E-state index contributed by atoms with van der Waals surface area (Å²) in [4.78, 5) is 2.69. The zero-order chi connectivity index (χ0) is 12.3. The summed E-state index contributed by atoms with van der Waals surface area (Å²) in [6.45, 7) is 6.66. The molecule has 1 saturated carbocycles. The van der Waals surface area contributed by atoms with Gasteiger partial charge in [0.1, 0.15) is 0 Å². The average molecular weight is 239 g/mol. The van der Waals surface area contributed by atoms with E-state index in [1.807, 2.05) is 6.92 Å². The quantitative estimate of drug-likeness (QED) is 0.800. The monoisotopic (exact) mass is 239 g/mol. The Bertz CT molecular complexity index is 239. The van der Waals surface area contributed by atoms with Gasteiger partial charge in [-0.05, 0) is 51.5 Å². The van der Waals surface area contributed by atoms with Gasteiger partial charge in [0, 0.05) is 12.6 Å². The van der Waals surface area contributed by atoms with Gasteiger partial charge in [-0.1, -0.05) is 26.2 Å². The van der Waals surface area contributed by atoms with Crippen molar-refractivity contribution in [3.8, 4) is 0 Å². The van der Waals surface area contributed by atoms with Crippen molar-refractivity contribution < 1.29 is 5.11 Å². The molecule has 1 saturated heterocycles. The summed E-state index contributed by atoms with van der Waals surface area (Å²) in [6.07, 6.45) is 10.1. The summed E-state index contributed by atoms with van der Waals surface area (Å²) >= 11 is 0. The van der Waals surface area contributed by atoms with Crippen LogP contribution in [0.15, 0.2) is 0 Å². The lowest BCUT2D eigenvalue weighted by molar-refractivity contribution is 0.0385. The highest BCUT2D eigenvalue weighted by Gasteiger charge is 2.32. The van der Waals surface area contributed by atoms with Crippen LogP contribution in [0.1, 0.15) is 65.2 Å². The van der Waals surface area contributed by atoms with Crippen molar-refractivity contribution in [2.45, 2.75) is 76.9 Å². The highest BCUT2D eigenvalue weighted by molar-refractivity contribution is 4.87. The van der Waals surface area contributed by atoms with E-state index >= 15 is 0 Å². The van der Waals surface area contributed by atoms with Crippen LogP contribution in [0.3, 0.4) is 0 Å². The Morgan fingerprint density at radius 1 is 1.12 bits per heavy atom. The molecule has 2 heteroatoms. The Labute approximate surface area is 106 Å². The molecular formula is C15H29NO. The van der Waals surface area contributed by atoms with E-state index in [1.54, 1.807) is 0 Å². The molecule has 0 spiro atoms. The van der Waals surface area contributed by atoms with Crippen molar-refractivity contribution in [2.75, 3.05) is 13.1 Å². The molecule has 0 aromatic rings. The van der Waals surface area contributed by atoms with Crippen molar-refractivity contribution in [3.63, 3.8) is 0 Å². The minimum atomic E-state index is -0.412. The summed E-state index contributed by atoms with van der Waals surface area (Å²) in [6, 6.07) is 0.808. The van der Waals surface area contributed by atoms with E-state index in [4.69, 9.17) is 0 Å². The fourth-order valence-electron chi connectivity index (χ4n) is 3.76. The lowest BCUT2D eigenvalue weighted by atomic mass is 9.82. The second-order valence-electron chi connectivity index (χ2n) is 6.41. The van der Waals surface area contributed by atoms with E-state index in [0.29, 0.717) is 0 Å². The molecule has 2 nitrogen and oxygen atoms in total. The molecule has 0 amide bonds. The molecule has 3 atom stereocenters.